The highest BCUT2D eigenvalue weighted by Crippen LogP contribution is 2.38. The van der Waals surface area contributed by atoms with E-state index in [0.717, 1.165) is 41.2 Å². The Morgan fingerprint density at radius 3 is 2.81 bits per heavy atom. The van der Waals surface area contributed by atoms with E-state index in [1.807, 2.05) is 24.4 Å². The third-order valence-electron chi connectivity index (χ3n) is 3.60. The Balaban J connectivity index is 1.87. The topological polar surface area (TPSA) is 46.6 Å². The van der Waals surface area contributed by atoms with Gasteiger partial charge in [0.15, 0.2) is 11.5 Å². The van der Waals surface area contributed by atoms with Crippen molar-refractivity contribution in [1.29, 1.82) is 0 Å². The van der Waals surface area contributed by atoms with Gasteiger partial charge in [0.1, 0.15) is 5.82 Å². The van der Waals surface area contributed by atoms with Crippen molar-refractivity contribution < 1.29 is 9.47 Å². The van der Waals surface area contributed by atoms with Gasteiger partial charge < -0.3 is 19.7 Å². The maximum Gasteiger partial charge on any atom is 0.231 e. The van der Waals surface area contributed by atoms with E-state index in [-0.39, 0.29) is 0 Å². The van der Waals surface area contributed by atoms with Crippen LogP contribution in [0.15, 0.2) is 24.4 Å². The number of fused-ring (bicyclic) bond motifs is 2. The van der Waals surface area contributed by atoms with Crippen LogP contribution in [0.2, 0.25) is 0 Å². The molecule has 0 amide bonds. The molecule has 112 valence electrons. The Bertz CT molecular complexity index is 643. The SMILES string of the molecule is CC(C)NCCN(C)c1nccc2cc3c(cc12)OCO3. The Hall–Kier alpha value is -2.01. The van der Waals surface area contributed by atoms with Crippen LogP contribution in [0.4, 0.5) is 5.82 Å². The van der Waals surface area contributed by atoms with Gasteiger partial charge in [-0.2, -0.15) is 0 Å². The van der Waals surface area contributed by atoms with Gasteiger partial charge in [0.05, 0.1) is 0 Å². The zero-order valence-corrected chi connectivity index (χ0v) is 12.7. The van der Waals surface area contributed by atoms with Crippen molar-refractivity contribution in [2.24, 2.45) is 0 Å². The summed E-state index contributed by atoms with van der Waals surface area (Å²) >= 11 is 0. The van der Waals surface area contributed by atoms with Crippen LogP contribution in [0.1, 0.15) is 13.8 Å². The van der Waals surface area contributed by atoms with Gasteiger partial charge >= 0.3 is 0 Å². The fraction of sp³-hybridized carbons (Fsp3) is 0.438. The minimum Gasteiger partial charge on any atom is -0.454 e. The number of ether oxygens (including phenoxy) is 2. The Morgan fingerprint density at radius 1 is 1.29 bits per heavy atom. The number of pyridine rings is 1. The molecule has 1 aromatic carbocycles. The molecule has 1 aliphatic rings. The Kier molecular flexibility index (Phi) is 3.84. The molecule has 0 aliphatic carbocycles. The van der Waals surface area contributed by atoms with E-state index in [9.17, 15) is 0 Å². The van der Waals surface area contributed by atoms with Crippen LogP contribution in [0, 0.1) is 0 Å². The number of aromatic nitrogens is 1. The summed E-state index contributed by atoms with van der Waals surface area (Å²) in [5.41, 5.74) is 0. The highest BCUT2D eigenvalue weighted by atomic mass is 16.7. The summed E-state index contributed by atoms with van der Waals surface area (Å²) in [6.45, 7) is 6.42. The van der Waals surface area contributed by atoms with Crippen LogP contribution >= 0.6 is 0 Å². The van der Waals surface area contributed by atoms with Gasteiger partial charge in [-0.1, -0.05) is 13.8 Å². The van der Waals surface area contributed by atoms with Gasteiger partial charge in [-0.25, -0.2) is 4.98 Å². The number of benzene rings is 1. The van der Waals surface area contributed by atoms with Gasteiger partial charge in [0.2, 0.25) is 6.79 Å². The van der Waals surface area contributed by atoms with E-state index in [2.05, 4.69) is 36.1 Å². The molecular formula is C16H21N3O2. The average molecular weight is 287 g/mol. The van der Waals surface area contributed by atoms with E-state index in [1.165, 1.54) is 0 Å². The average Bonchev–Trinajstić information content (AvgIpc) is 2.90. The molecule has 2 heterocycles. The summed E-state index contributed by atoms with van der Waals surface area (Å²) in [5, 5.41) is 5.63. The van der Waals surface area contributed by atoms with Crippen LogP contribution in [-0.2, 0) is 0 Å². The molecule has 0 bridgehead atoms. The third-order valence-corrected chi connectivity index (χ3v) is 3.60. The van der Waals surface area contributed by atoms with Crippen LogP contribution < -0.4 is 19.7 Å². The fourth-order valence-electron chi connectivity index (χ4n) is 2.48. The molecule has 1 N–H and O–H groups in total. The van der Waals surface area contributed by atoms with E-state index in [1.54, 1.807) is 0 Å². The second-order valence-electron chi connectivity index (χ2n) is 5.59. The normalized spacial score (nSPS) is 13.1. The zero-order chi connectivity index (χ0) is 14.8. The molecule has 0 fully saturated rings. The maximum absolute atomic E-state index is 5.47. The molecule has 1 aromatic heterocycles. The zero-order valence-electron chi connectivity index (χ0n) is 12.7. The summed E-state index contributed by atoms with van der Waals surface area (Å²) in [4.78, 5) is 6.70. The van der Waals surface area contributed by atoms with Crippen molar-refractivity contribution in [3.8, 4) is 11.5 Å². The number of nitrogens with zero attached hydrogens (tertiary/aromatic N) is 2. The lowest BCUT2D eigenvalue weighted by atomic mass is 10.1. The van der Waals surface area contributed by atoms with Gasteiger partial charge in [-0.15, -0.1) is 0 Å². The first-order valence-corrected chi connectivity index (χ1v) is 7.28. The molecular weight excluding hydrogens is 266 g/mol. The molecule has 0 unspecified atom stereocenters. The predicted octanol–water partition coefficient (Wildman–Crippen LogP) is 2.40. The van der Waals surface area contributed by atoms with Crippen LogP contribution in [-0.4, -0.2) is 38.0 Å². The van der Waals surface area contributed by atoms with Crippen molar-refractivity contribution >= 4 is 16.6 Å². The standard InChI is InChI=1S/C16H21N3O2/c1-11(2)17-6-7-19(3)16-13-9-15-14(20-10-21-15)8-12(13)4-5-18-16/h4-5,8-9,11,17H,6-7,10H2,1-3H3. The van der Waals surface area contributed by atoms with Gasteiger partial charge in [0.25, 0.3) is 0 Å². The number of rotatable bonds is 5. The highest BCUT2D eigenvalue weighted by molar-refractivity contribution is 5.94. The molecule has 21 heavy (non-hydrogen) atoms. The predicted molar refractivity (Wildman–Crippen MR) is 84.3 cm³/mol. The quantitative estimate of drug-likeness (QED) is 0.915. The molecule has 0 radical (unpaired) electrons. The third kappa shape index (κ3) is 2.88. The molecule has 0 atom stereocenters. The van der Waals surface area contributed by atoms with Gasteiger partial charge in [-0.3, -0.25) is 0 Å². The number of hydrogen-bond acceptors (Lipinski definition) is 5. The monoisotopic (exact) mass is 287 g/mol. The van der Waals surface area contributed by atoms with E-state index < -0.39 is 0 Å². The van der Waals surface area contributed by atoms with Crippen molar-refractivity contribution in [3.05, 3.63) is 24.4 Å². The lowest BCUT2D eigenvalue weighted by Gasteiger charge is -2.21. The second-order valence-corrected chi connectivity index (χ2v) is 5.59. The molecule has 5 nitrogen and oxygen atoms in total. The second kappa shape index (κ2) is 5.77. The molecule has 3 rings (SSSR count). The summed E-state index contributed by atoms with van der Waals surface area (Å²) in [6.07, 6.45) is 1.84. The molecule has 0 saturated heterocycles. The maximum atomic E-state index is 5.47. The van der Waals surface area contributed by atoms with Crippen molar-refractivity contribution in [2.45, 2.75) is 19.9 Å². The van der Waals surface area contributed by atoms with E-state index in [0.29, 0.717) is 12.8 Å². The molecule has 0 saturated carbocycles. The Morgan fingerprint density at radius 2 is 2.05 bits per heavy atom. The summed E-state index contributed by atoms with van der Waals surface area (Å²) in [6, 6.07) is 6.53. The fourth-order valence-corrected chi connectivity index (χ4v) is 2.48. The smallest absolute Gasteiger partial charge is 0.231 e. The molecule has 1 aliphatic heterocycles. The Labute approximate surface area is 124 Å². The lowest BCUT2D eigenvalue weighted by Crippen LogP contribution is -2.33. The lowest BCUT2D eigenvalue weighted by molar-refractivity contribution is 0.174. The molecule has 5 heteroatoms. The van der Waals surface area contributed by atoms with Crippen molar-refractivity contribution in [2.75, 3.05) is 31.8 Å². The largest absolute Gasteiger partial charge is 0.454 e. The first-order chi connectivity index (χ1) is 10.1. The minimum atomic E-state index is 0.294. The first kappa shape index (κ1) is 13.9. The van der Waals surface area contributed by atoms with Crippen molar-refractivity contribution in [1.82, 2.24) is 10.3 Å². The van der Waals surface area contributed by atoms with Crippen LogP contribution in [0.3, 0.4) is 0 Å². The summed E-state index contributed by atoms with van der Waals surface area (Å²) < 4.78 is 10.9. The van der Waals surface area contributed by atoms with Gasteiger partial charge in [-0.05, 0) is 23.6 Å². The van der Waals surface area contributed by atoms with Gasteiger partial charge in [0, 0.05) is 37.8 Å². The van der Waals surface area contributed by atoms with E-state index in [4.69, 9.17) is 9.47 Å². The number of nitrogens with one attached hydrogen (secondary N) is 1. The van der Waals surface area contributed by atoms with Crippen LogP contribution in [0.5, 0.6) is 11.5 Å². The first-order valence-electron chi connectivity index (χ1n) is 7.28. The number of hydrogen-bond donors (Lipinski definition) is 1. The highest BCUT2D eigenvalue weighted by Gasteiger charge is 2.17. The molecule has 2 aromatic rings. The number of anilines is 1. The summed E-state index contributed by atoms with van der Waals surface area (Å²) in [7, 11) is 2.06. The summed E-state index contributed by atoms with van der Waals surface area (Å²) in [5.74, 6) is 2.57. The van der Waals surface area contributed by atoms with E-state index >= 15 is 0 Å². The molecule has 0 spiro atoms. The number of likely N-dealkylation sites (N-methyl/N-ethyl adjacent to an activating group) is 1. The van der Waals surface area contributed by atoms with Crippen LogP contribution in [0.25, 0.3) is 10.8 Å². The minimum absolute atomic E-state index is 0.294. The van der Waals surface area contributed by atoms with Crippen molar-refractivity contribution in [3.63, 3.8) is 0 Å².